The van der Waals surface area contributed by atoms with Crippen LogP contribution >= 0.6 is 11.3 Å². The fraction of sp³-hybridized carbons (Fsp3) is 0.115. The summed E-state index contributed by atoms with van der Waals surface area (Å²) >= 11 is 1.88. The number of rotatable bonds is 3. The molecule has 140 valence electrons. The van der Waals surface area contributed by atoms with Crippen molar-refractivity contribution < 1.29 is 0 Å². The predicted octanol–water partition coefficient (Wildman–Crippen LogP) is 7.15. The van der Waals surface area contributed by atoms with E-state index in [9.17, 15) is 0 Å². The lowest BCUT2D eigenvalue weighted by molar-refractivity contribution is 0.485. The quantitative estimate of drug-likeness (QED) is 0.290. The second kappa shape index (κ2) is 6.43. The highest BCUT2D eigenvalue weighted by molar-refractivity contribution is 7.26. The predicted molar refractivity (Wildman–Crippen MR) is 128 cm³/mol. The number of hydrogen-bond acceptors (Lipinski definition) is 2. The summed E-state index contributed by atoms with van der Waals surface area (Å²) in [5, 5.41) is 5.35. The number of nitrogens with zero attached hydrogens (tertiary/aromatic N) is 2. The van der Waals surface area contributed by atoms with Gasteiger partial charge in [0, 0.05) is 48.9 Å². The fourth-order valence-electron chi connectivity index (χ4n) is 4.84. The van der Waals surface area contributed by atoms with E-state index in [0.29, 0.717) is 5.92 Å². The molecule has 3 heteroatoms. The first-order valence-corrected chi connectivity index (χ1v) is 10.8. The monoisotopic (exact) mass is 392 g/mol. The highest BCUT2D eigenvalue weighted by atomic mass is 32.1. The summed E-state index contributed by atoms with van der Waals surface area (Å²) in [4.78, 5) is 4.24. The van der Waals surface area contributed by atoms with Crippen LogP contribution in [-0.4, -0.2) is 17.8 Å². The fourth-order valence-corrected chi connectivity index (χ4v) is 5.95. The molecule has 2 nitrogen and oxygen atoms in total. The van der Waals surface area contributed by atoms with E-state index in [1.54, 1.807) is 0 Å². The Morgan fingerprint density at radius 1 is 0.828 bits per heavy atom. The molecule has 0 bridgehead atoms. The molecule has 0 spiro atoms. The van der Waals surface area contributed by atoms with Crippen LogP contribution in [0, 0.1) is 5.92 Å². The third-order valence-corrected chi connectivity index (χ3v) is 7.20. The van der Waals surface area contributed by atoms with Crippen LogP contribution in [0.1, 0.15) is 6.04 Å². The standard InChI is InChI=1S/C26H20N2S/c1-27-16-17-8-2-5-11-21(17)28-22-12-6-3-9-18(22)19-14-15-24-25(26(19)28)20-10-4-7-13-23(20)29-24/h2-15,17,21H,1,16H2. The molecule has 3 aromatic carbocycles. The molecule has 0 fully saturated rings. The SMILES string of the molecule is C=NCC1C=CC=CC1n1c2ccccc2c2ccc3sc4ccccc4c3c21. The van der Waals surface area contributed by atoms with E-state index in [-0.39, 0.29) is 6.04 Å². The maximum atomic E-state index is 4.24. The van der Waals surface area contributed by atoms with Crippen molar-refractivity contribution in [2.45, 2.75) is 6.04 Å². The van der Waals surface area contributed by atoms with Crippen molar-refractivity contribution in [1.29, 1.82) is 0 Å². The van der Waals surface area contributed by atoms with Crippen LogP contribution in [-0.2, 0) is 0 Å². The van der Waals surface area contributed by atoms with Crippen molar-refractivity contribution in [3.63, 3.8) is 0 Å². The first-order valence-electron chi connectivity index (χ1n) is 9.97. The molecule has 0 amide bonds. The molecule has 0 N–H and O–H groups in total. The summed E-state index contributed by atoms with van der Waals surface area (Å²) < 4.78 is 5.23. The van der Waals surface area contributed by atoms with Gasteiger partial charge in [0.15, 0.2) is 0 Å². The molecular weight excluding hydrogens is 372 g/mol. The molecule has 2 unspecified atom stereocenters. The first kappa shape index (κ1) is 16.8. The van der Waals surface area contributed by atoms with E-state index in [1.165, 1.54) is 42.0 Å². The number of para-hydroxylation sites is 1. The third-order valence-electron chi connectivity index (χ3n) is 6.07. The van der Waals surface area contributed by atoms with E-state index in [4.69, 9.17) is 0 Å². The Labute approximate surface area is 173 Å². The number of allylic oxidation sites excluding steroid dienone is 3. The maximum absolute atomic E-state index is 4.24. The zero-order valence-electron chi connectivity index (χ0n) is 16.0. The van der Waals surface area contributed by atoms with Crippen LogP contribution < -0.4 is 0 Å². The molecule has 0 saturated heterocycles. The largest absolute Gasteiger partial charge is 0.332 e. The Balaban J connectivity index is 1.81. The first-order chi connectivity index (χ1) is 14.4. The lowest BCUT2D eigenvalue weighted by Gasteiger charge is -2.26. The number of benzene rings is 3. The number of thiophene rings is 1. The van der Waals surface area contributed by atoms with Crippen LogP contribution in [0.25, 0.3) is 42.0 Å². The van der Waals surface area contributed by atoms with Crippen molar-refractivity contribution in [2.75, 3.05) is 6.54 Å². The molecule has 0 aliphatic heterocycles. The molecule has 0 radical (unpaired) electrons. The summed E-state index contributed by atoms with van der Waals surface area (Å²) in [5.74, 6) is 0.302. The van der Waals surface area contributed by atoms with Crippen LogP contribution in [0.3, 0.4) is 0 Å². The van der Waals surface area contributed by atoms with Gasteiger partial charge in [0.05, 0.1) is 11.6 Å². The topological polar surface area (TPSA) is 17.3 Å². The highest BCUT2D eigenvalue weighted by Crippen LogP contribution is 2.44. The van der Waals surface area contributed by atoms with E-state index in [2.05, 4.69) is 101 Å². The molecule has 5 aromatic rings. The Morgan fingerprint density at radius 3 is 2.52 bits per heavy atom. The second-order valence-electron chi connectivity index (χ2n) is 7.65. The number of aliphatic imine (C=N–C) groups is 1. The van der Waals surface area contributed by atoms with Gasteiger partial charge in [-0.05, 0) is 24.9 Å². The minimum Gasteiger partial charge on any atom is -0.332 e. The molecular formula is C26H20N2S. The number of fused-ring (bicyclic) bond motifs is 7. The average molecular weight is 393 g/mol. The van der Waals surface area contributed by atoms with Crippen molar-refractivity contribution in [1.82, 2.24) is 4.57 Å². The molecule has 2 heterocycles. The minimum absolute atomic E-state index is 0.220. The zero-order chi connectivity index (χ0) is 19.4. The Bertz CT molecular complexity index is 1460. The van der Waals surface area contributed by atoms with Crippen molar-refractivity contribution in [3.8, 4) is 0 Å². The third kappa shape index (κ3) is 2.37. The Kier molecular flexibility index (Phi) is 3.71. The summed E-state index contributed by atoms with van der Waals surface area (Å²) in [7, 11) is 0. The van der Waals surface area contributed by atoms with Crippen LogP contribution in [0.2, 0.25) is 0 Å². The van der Waals surface area contributed by atoms with Crippen molar-refractivity contribution in [2.24, 2.45) is 10.9 Å². The molecule has 6 rings (SSSR count). The van der Waals surface area contributed by atoms with E-state index in [0.717, 1.165) is 6.54 Å². The molecule has 0 saturated carbocycles. The maximum Gasteiger partial charge on any atom is 0.0606 e. The van der Waals surface area contributed by atoms with E-state index in [1.807, 2.05) is 11.3 Å². The molecule has 2 atom stereocenters. The minimum atomic E-state index is 0.220. The van der Waals surface area contributed by atoms with Gasteiger partial charge in [0.25, 0.3) is 0 Å². The van der Waals surface area contributed by atoms with Gasteiger partial charge < -0.3 is 9.56 Å². The van der Waals surface area contributed by atoms with Gasteiger partial charge in [-0.15, -0.1) is 11.3 Å². The summed E-state index contributed by atoms with van der Waals surface area (Å²) in [6.07, 6.45) is 8.88. The molecule has 29 heavy (non-hydrogen) atoms. The number of aromatic nitrogens is 1. The summed E-state index contributed by atoms with van der Waals surface area (Å²) in [6.45, 7) is 4.48. The summed E-state index contributed by atoms with van der Waals surface area (Å²) in [6, 6.07) is 22.4. The lowest BCUT2D eigenvalue weighted by atomic mass is 9.94. The highest BCUT2D eigenvalue weighted by Gasteiger charge is 2.25. The molecule has 1 aliphatic rings. The normalized spacial score (nSPS) is 19.0. The molecule has 2 aromatic heterocycles. The Hall–Kier alpha value is -3.17. The lowest BCUT2D eigenvalue weighted by Crippen LogP contribution is -2.20. The van der Waals surface area contributed by atoms with Crippen molar-refractivity contribution >= 4 is 60.0 Å². The van der Waals surface area contributed by atoms with Gasteiger partial charge in [-0.2, -0.15) is 0 Å². The van der Waals surface area contributed by atoms with E-state index < -0.39 is 0 Å². The van der Waals surface area contributed by atoms with Gasteiger partial charge in [-0.1, -0.05) is 66.8 Å². The zero-order valence-corrected chi connectivity index (χ0v) is 16.8. The van der Waals surface area contributed by atoms with Gasteiger partial charge in [0.2, 0.25) is 0 Å². The van der Waals surface area contributed by atoms with Crippen molar-refractivity contribution in [3.05, 3.63) is 85.0 Å². The van der Waals surface area contributed by atoms with E-state index >= 15 is 0 Å². The second-order valence-corrected chi connectivity index (χ2v) is 8.73. The Morgan fingerprint density at radius 2 is 1.62 bits per heavy atom. The van der Waals surface area contributed by atoms with Crippen LogP contribution in [0.5, 0.6) is 0 Å². The van der Waals surface area contributed by atoms with Crippen LogP contribution in [0.15, 0.2) is 90.0 Å². The van der Waals surface area contributed by atoms with Gasteiger partial charge in [-0.3, -0.25) is 0 Å². The number of hydrogen-bond donors (Lipinski definition) is 0. The van der Waals surface area contributed by atoms with Gasteiger partial charge in [-0.25, -0.2) is 0 Å². The summed E-state index contributed by atoms with van der Waals surface area (Å²) in [5.41, 5.74) is 2.62. The van der Waals surface area contributed by atoms with Gasteiger partial charge in [0.1, 0.15) is 0 Å². The average Bonchev–Trinajstić information content (AvgIpc) is 3.30. The molecule has 1 aliphatic carbocycles. The van der Waals surface area contributed by atoms with Gasteiger partial charge >= 0.3 is 0 Å². The van der Waals surface area contributed by atoms with Crippen LogP contribution in [0.4, 0.5) is 0 Å². The smallest absolute Gasteiger partial charge is 0.0606 e.